The van der Waals surface area contributed by atoms with Crippen LogP contribution in [0.15, 0.2) is 17.3 Å². The molecule has 1 aliphatic carbocycles. The van der Waals surface area contributed by atoms with E-state index in [2.05, 4.69) is 27.0 Å². The Morgan fingerprint density at radius 3 is 2.84 bits per heavy atom. The van der Waals surface area contributed by atoms with Crippen LogP contribution in [0.5, 0.6) is 5.75 Å². The number of carbonyl (C=O) groups excluding carboxylic acids is 1. The molecule has 1 N–H and O–H groups in total. The Morgan fingerprint density at radius 2 is 2.20 bits per heavy atom. The van der Waals surface area contributed by atoms with E-state index < -0.39 is 0 Å². The molecule has 1 aromatic carbocycles. The molecular formula is C17H21ClN4O2S. The number of aryl methyl sites for hydroxylation is 1. The normalized spacial score (nSPS) is 13.8. The second kappa shape index (κ2) is 7.66. The zero-order chi connectivity index (χ0) is 18.0. The first-order valence-corrected chi connectivity index (χ1v) is 9.59. The van der Waals surface area contributed by atoms with Crippen molar-refractivity contribution in [2.75, 3.05) is 18.2 Å². The van der Waals surface area contributed by atoms with Crippen LogP contribution in [-0.2, 0) is 11.3 Å². The van der Waals surface area contributed by atoms with Crippen molar-refractivity contribution in [3.63, 3.8) is 0 Å². The summed E-state index contributed by atoms with van der Waals surface area (Å²) in [6.07, 6.45) is 2.36. The van der Waals surface area contributed by atoms with Crippen molar-refractivity contribution in [3.05, 3.63) is 28.5 Å². The van der Waals surface area contributed by atoms with Gasteiger partial charge in [-0.1, -0.05) is 23.4 Å². The van der Waals surface area contributed by atoms with Crippen molar-refractivity contribution in [2.45, 2.75) is 44.3 Å². The third kappa shape index (κ3) is 4.10. The lowest BCUT2D eigenvalue weighted by Crippen LogP contribution is -2.15. The van der Waals surface area contributed by atoms with Crippen LogP contribution in [0, 0.1) is 6.92 Å². The van der Waals surface area contributed by atoms with Crippen LogP contribution in [0.3, 0.4) is 0 Å². The summed E-state index contributed by atoms with van der Waals surface area (Å²) in [4.78, 5) is 12.3. The first-order chi connectivity index (χ1) is 12.0. The van der Waals surface area contributed by atoms with Crippen LogP contribution in [0.1, 0.15) is 37.1 Å². The Kier molecular flexibility index (Phi) is 5.54. The van der Waals surface area contributed by atoms with Crippen LogP contribution >= 0.6 is 23.4 Å². The van der Waals surface area contributed by atoms with Gasteiger partial charge in [0.05, 0.1) is 18.6 Å². The number of ether oxygens (including phenoxy) is 1. The number of benzene rings is 1. The van der Waals surface area contributed by atoms with Crippen LogP contribution in [0.25, 0.3) is 0 Å². The highest BCUT2D eigenvalue weighted by atomic mass is 35.5. The zero-order valence-electron chi connectivity index (χ0n) is 14.5. The van der Waals surface area contributed by atoms with Gasteiger partial charge in [-0.25, -0.2) is 0 Å². The van der Waals surface area contributed by atoms with Gasteiger partial charge in [-0.2, -0.15) is 0 Å². The minimum absolute atomic E-state index is 0.122. The van der Waals surface area contributed by atoms with E-state index in [0.717, 1.165) is 23.1 Å². The molecule has 1 aromatic heterocycles. The number of aromatic nitrogens is 3. The van der Waals surface area contributed by atoms with Crippen LogP contribution in [0.2, 0.25) is 5.02 Å². The second-order valence-electron chi connectivity index (χ2n) is 6.00. The Balaban J connectivity index is 1.65. The van der Waals surface area contributed by atoms with Crippen molar-refractivity contribution in [2.24, 2.45) is 0 Å². The van der Waals surface area contributed by atoms with Gasteiger partial charge in [-0.3, -0.25) is 4.79 Å². The summed E-state index contributed by atoms with van der Waals surface area (Å²) in [6, 6.07) is 3.51. The molecule has 134 valence electrons. The van der Waals surface area contributed by atoms with E-state index in [4.69, 9.17) is 16.3 Å². The first kappa shape index (κ1) is 18.1. The maximum Gasteiger partial charge on any atom is 0.234 e. The molecule has 0 atom stereocenters. The van der Waals surface area contributed by atoms with E-state index in [-0.39, 0.29) is 11.7 Å². The monoisotopic (exact) mass is 380 g/mol. The first-order valence-electron chi connectivity index (χ1n) is 8.23. The van der Waals surface area contributed by atoms with Gasteiger partial charge < -0.3 is 14.6 Å². The van der Waals surface area contributed by atoms with Gasteiger partial charge in [-0.05, 0) is 38.3 Å². The number of methoxy groups -OCH3 is 1. The molecular weight excluding hydrogens is 360 g/mol. The van der Waals surface area contributed by atoms with E-state index in [1.165, 1.54) is 24.6 Å². The average molecular weight is 381 g/mol. The third-order valence-electron chi connectivity index (χ3n) is 4.09. The van der Waals surface area contributed by atoms with E-state index in [0.29, 0.717) is 22.4 Å². The number of hydrogen-bond acceptors (Lipinski definition) is 5. The molecule has 0 saturated heterocycles. The quantitative estimate of drug-likeness (QED) is 0.738. The van der Waals surface area contributed by atoms with Gasteiger partial charge in [0.1, 0.15) is 11.6 Å². The fraction of sp³-hybridized carbons (Fsp3) is 0.471. The maximum atomic E-state index is 12.3. The second-order valence-corrected chi connectivity index (χ2v) is 7.35. The molecule has 0 radical (unpaired) electrons. The Bertz CT molecular complexity index is 789. The molecule has 1 saturated carbocycles. The summed E-state index contributed by atoms with van der Waals surface area (Å²) in [5.41, 5.74) is 1.50. The molecule has 0 unspecified atom stereocenters. The molecule has 8 heteroatoms. The lowest BCUT2D eigenvalue weighted by atomic mass is 10.2. The highest BCUT2D eigenvalue weighted by Crippen LogP contribution is 2.40. The van der Waals surface area contributed by atoms with Crippen LogP contribution in [0.4, 0.5) is 5.69 Å². The molecule has 1 amide bonds. The van der Waals surface area contributed by atoms with E-state index in [1.807, 2.05) is 13.0 Å². The third-order valence-corrected chi connectivity index (χ3v) is 5.47. The number of carbonyl (C=O) groups is 1. The molecule has 1 aliphatic rings. The van der Waals surface area contributed by atoms with E-state index >= 15 is 0 Å². The number of nitrogens with one attached hydrogen (secondary N) is 1. The molecule has 0 bridgehead atoms. The number of rotatable bonds is 7. The zero-order valence-corrected chi connectivity index (χ0v) is 16.1. The Morgan fingerprint density at radius 1 is 1.44 bits per heavy atom. The Labute approximate surface area is 156 Å². The fourth-order valence-electron chi connectivity index (χ4n) is 2.59. The van der Waals surface area contributed by atoms with E-state index in [1.54, 1.807) is 13.2 Å². The number of nitrogens with zero attached hydrogens (tertiary/aromatic N) is 3. The van der Waals surface area contributed by atoms with Gasteiger partial charge >= 0.3 is 0 Å². The average Bonchev–Trinajstić information content (AvgIpc) is 3.35. The minimum Gasteiger partial charge on any atom is -0.495 e. The van der Waals surface area contributed by atoms with Gasteiger partial charge in [0.15, 0.2) is 5.16 Å². The summed E-state index contributed by atoms with van der Waals surface area (Å²) < 4.78 is 7.39. The maximum absolute atomic E-state index is 12.3. The topological polar surface area (TPSA) is 69.0 Å². The van der Waals surface area contributed by atoms with Gasteiger partial charge in [0.2, 0.25) is 5.91 Å². The standard InChI is InChI=1S/C17H21ClN4O2S/c1-4-22-16(11-5-6-11)20-21-17(22)25-9-15(23)19-13-7-10(2)12(18)8-14(13)24-3/h7-8,11H,4-6,9H2,1-3H3,(H,19,23). The number of hydrogen-bond donors (Lipinski definition) is 1. The lowest BCUT2D eigenvalue weighted by Gasteiger charge is -2.12. The van der Waals surface area contributed by atoms with Gasteiger partial charge in [0.25, 0.3) is 0 Å². The fourth-order valence-corrected chi connectivity index (χ4v) is 3.56. The summed E-state index contributed by atoms with van der Waals surface area (Å²) >= 11 is 7.49. The smallest absolute Gasteiger partial charge is 0.234 e. The minimum atomic E-state index is -0.122. The predicted octanol–water partition coefficient (Wildman–Crippen LogP) is 3.88. The molecule has 6 nitrogen and oxygen atoms in total. The molecule has 3 rings (SSSR count). The molecule has 2 aromatic rings. The van der Waals surface area contributed by atoms with Crippen molar-refractivity contribution >= 4 is 35.0 Å². The summed E-state index contributed by atoms with van der Waals surface area (Å²) in [7, 11) is 1.55. The molecule has 25 heavy (non-hydrogen) atoms. The SMILES string of the molecule is CCn1c(SCC(=O)Nc2cc(C)c(Cl)cc2OC)nnc1C1CC1. The highest BCUT2D eigenvalue weighted by molar-refractivity contribution is 7.99. The van der Waals surface area contributed by atoms with Crippen molar-refractivity contribution < 1.29 is 9.53 Å². The molecule has 0 spiro atoms. The number of thioether (sulfide) groups is 1. The lowest BCUT2D eigenvalue weighted by molar-refractivity contribution is -0.113. The summed E-state index contributed by atoms with van der Waals surface area (Å²) in [6.45, 7) is 4.77. The van der Waals surface area contributed by atoms with Gasteiger partial charge in [-0.15, -0.1) is 10.2 Å². The van der Waals surface area contributed by atoms with Crippen molar-refractivity contribution in [1.29, 1.82) is 0 Å². The van der Waals surface area contributed by atoms with Crippen molar-refractivity contribution in [1.82, 2.24) is 14.8 Å². The predicted molar refractivity (Wildman–Crippen MR) is 99.8 cm³/mol. The highest BCUT2D eigenvalue weighted by Gasteiger charge is 2.30. The molecule has 1 fully saturated rings. The van der Waals surface area contributed by atoms with Crippen molar-refractivity contribution in [3.8, 4) is 5.75 Å². The summed E-state index contributed by atoms with van der Waals surface area (Å²) in [5.74, 6) is 2.26. The van der Waals surface area contributed by atoms with E-state index in [9.17, 15) is 4.79 Å². The molecule has 1 heterocycles. The Hall–Kier alpha value is -1.73. The molecule has 0 aliphatic heterocycles. The summed E-state index contributed by atoms with van der Waals surface area (Å²) in [5, 5.41) is 12.8. The van der Waals surface area contributed by atoms with Gasteiger partial charge in [0, 0.05) is 23.6 Å². The number of halogens is 1. The number of amides is 1. The van der Waals surface area contributed by atoms with Crippen LogP contribution < -0.4 is 10.1 Å². The van der Waals surface area contributed by atoms with Crippen LogP contribution in [-0.4, -0.2) is 33.5 Å². The number of anilines is 1. The largest absolute Gasteiger partial charge is 0.495 e.